The third kappa shape index (κ3) is 4.92. The second-order valence-electron chi connectivity index (χ2n) is 12.2. The van der Waals surface area contributed by atoms with E-state index in [0.29, 0.717) is 0 Å². The van der Waals surface area contributed by atoms with E-state index in [1.807, 2.05) is 6.07 Å². The van der Waals surface area contributed by atoms with Crippen LogP contribution in [-0.2, 0) is 0 Å². The van der Waals surface area contributed by atoms with Crippen molar-refractivity contribution in [2.45, 2.75) is 0 Å². The van der Waals surface area contributed by atoms with Crippen molar-refractivity contribution in [1.82, 2.24) is 0 Å². The number of hydrogen-bond donors (Lipinski definition) is 0. The Kier molecular flexibility index (Phi) is 6.84. The molecule has 0 saturated carbocycles. The lowest BCUT2D eigenvalue weighted by Crippen LogP contribution is -2.09. The molecule has 0 N–H and O–H groups in total. The van der Waals surface area contributed by atoms with Gasteiger partial charge in [-0.15, -0.1) is 0 Å². The molecule has 2 heteroatoms. The minimum Gasteiger partial charge on any atom is -0.455 e. The van der Waals surface area contributed by atoms with Gasteiger partial charge < -0.3 is 9.32 Å². The fourth-order valence-electron chi connectivity index (χ4n) is 6.94. The maximum Gasteiger partial charge on any atom is 0.143 e. The number of fused-ring (bicyclic) bond motifs is 4. The largest absolute Gasteiger partial charge is 0.455 e. The Morgan fingerprint density at radius 2 is 0.896 bits per heavy atom. The molecular weight excluding hydrogens is 583 g/mol. The van der Waals surface area contributed by atoms with Crippen LogP contribution < -0.4 is 4.90 Å². The maximum absolute atomic E-state index is 6.50. The van der Waals surface area contributed by atoms with Crippen molar-refractivity contribution in [2.75, 3.05) is 4.90 Å². The smallest absolute Gasteiger partial charge is 0.143 e. The fourth-order valence-corrected chi connectivity index (χ4v) is 6.94. The van der Waals surface area contributed by atoms with Gasteiger partial charge >= 0.3 is 0 Å². The molecule has 0 aliphatic rings. The van der Waals surface area contributed by atoms with Crippen LogP contribution in [0.3, 0.4) is 0 Å². The van der Waals surface area contributed by atoms with Crippen LogP contribution in [0.2, 0.25) is 0 Å². The van der Waals surface area contributed by atoms with E-state index in [9.17, 15) is 0 Å². The van der Waals surface area contributed by atoms with Gasteiger partial charge in [0.25, 0.3) is 0 Å². The summed E-state index contributed by atoms with van der Waals surface area (Å²) in [5, 5.41) is 4.69. The van der Waals surface area contributed by atoms with Crippen LogP contribution in [0, 0.1) is 0 Å². The molecule has 0 aliphatic heterocycles. The molecule has 0 radical (unpaired) electrons. The van der Waals surface area contributed by atoms with Crippen LogP contribution in [-0.4, -0.2) is 0 Å². The highest BCUT2D eigenvalue weighted by Crippen LogP contribution is 2.43. The van der Waals surface area contributed by atoms with Crippen LogP contribution in [0.5, 0.6) is 0 Å². The van der Waals surface area contributed by atoms with Gasteiger partial charge in [-0.25, -0.2) is 0 Å². The Balaban J connectivity index is 1.21. The fraction of sp³-hybridized carbons (Fsp3) is 0. The van der Waals surface area contributed by atoms with Crippen molar-refractivity contribution in [2.24, 2.45) is 0 Å². The molecule has 1 heterocycles. The molecular formula is C46H31NO. The number of anilines is 3. The summed E-state index contributed by atoms with van der Waals surface area (Å²) in [7, 11) is 0. The number of benzene rings is 8. The molecule has 0 bridgehead atoms. The van der Waals surface area contributed by atoms with E-state index in [0.717, 1.165) is 50.1 Å². The summed E-state index contributed by atoms with van der Waals surface area (Å²) in [6.07, 6.45) is 0. The number of hydrogen-bond acceptors (Lipinski definition) is 2. The predicted molar refractivity (Wildman–Crippen MR) is 202 cm³/mol. The Bertz CT molecular complexity index is 2490. The van der Waals surface area contributed by atoms with Crippen LogP contribution in [0.15, 0.2) is 192 Å². The van der Waals surface area contributed by atoms with Gasteiger partial charge in [-0.05, 0) is 105 Å². The Morgan fingerprint density at radius 1 is 0.333 bits per heavy atom. The average Bonchev–Trinajstić information content (AvgIpc) is 3.54. The van der Waals surface area contributed by atoms with Crippen LogP contribution >= 0.6 is 0 Å². The third-order valence-corrected chi connectivity index (χ3v) is 9.22. The van der Waals surface area contributed by atoms with E-state index < -0.39 is 0 Å². The minimum absolute atomic E-state index is 0.903. The lowest BCUT2D eigenvalue weighted by molar-refractivity contribution is 0.670. The first kappa shape index (κ1) is 27.9. The van der Waals surface area contributed by atoms with Gasteiger partial charge in [0.15, 0.2) is 0 Å². The van der Waals surface area contributed by atoms with E-state index in [4.69, 9.17) is 4.42 Å². The monoisotopic (exact) mass is 613 g/mol. The summed E-state index contributed by atoms with van der Waals surface area (Å²) in [6.45, 7) is 0. The van der Waals surface area contributed by atoms with E-state index in [1.165, 1.54) is 33.0 Å². The molecule has 0 amide bonds. The minimum atomic E-state index is 0.903. The second kappa shape index (κ2) is 11.8. The molecule has 2 nitrogen and oxygen atoms in total. The van der Waals surface area contributed by atoms with E-state index in [1.54, 1.807) is 0 Å². The van der Waals surface area contributed by atoms with Crippen LogP contribution in [0.4, 0.5) is 17.1 Å². The third-order valence-electron chi connectivity index (χ3n) is 9.22. The standard InChI is InChI=1S/C46H31NO/c1-4-14-33(15-5-1)43-30-36(31-44-41-22-12-13-23-45(41)48-46(43)44)42-29-35(28-34-16-10-11-21-40(34)42)32-24-26-39(27-25-32)47(37-17-6-2-7-18-37)38-19-8-3-9-20-38/h1-31H. The van der Waals surface area contributed by atoms with E-state index in [2.05, 4.69) is 187 Å². The molecule has 0 atom stereocenters. The molecule has 8 aromatic carbocycles. The summed E-state index contributed by atoms with van der Waals surface area (Å²) in [6, 6.07) is 66.9. The molecule has 48 heavy (non-hydrogen) atoms. The van der Waals surface area contributed by atoms with Crippen molar-refractivity contribution in [3.05, 3.63) is 188 Å². The number of para-hydroxylation sites is 3. The highest BCUT2D eigenvalue weighted by molar-refractivity contribution is 6.12. The van der Waals surface area contributed by atoms with Gasteiger partial charge in [0.1, 0.15) is 11.2 Å². The number of nitrogens with zero attached hydrogens (tertiary/aromatic N) is 1. The molecule has 0 saturated heterocycles. The van der Waals surface area contributed by atoms with Gasteiger partial charge in [-0.1, -0.05) is 121 Å². The Labute approximate surface area is 279 Å². The first-order valence-electron chi connectivity index (χ1n) is 16.3. The summed E-state index contributed by atoms with van der Waals surface area (Å²) in [5.41, 5.74) is 12.1. The van der Waals surface area contributed by atoms with Crippen molar-refractivity contribution in [3.8, 4) is 33.4 Å². The Morgan fingerprint density at radius 3 is 1.60 bits per heavy atom. The highest BCUT2D eigenvalue weighted by Gasteiger charge is 2.17. The van der Waals surface area contributed by atoms with Gasteiger partial charge in [0, 0.05) is 33.4 Å². The predicted octanol–water partition coefficient (Wildman–Crippen LogP) is 13.2. The molecule has 9 aromatic rings. The first-order valence-corrected chi connectivity index (χ1v) is 16.3. The van der Waals surface area contributed by atoms with Crippen LogP contribution in [0.1, 0.15) is 0 Å². The van der Waals surface area contributed by atoms with Crippen molar-refractivity contribution >= 4 is 49.8 Å². The number of furan rings is 1. The molecule has 226 valence electrons. The molecule has 0 aliphatic carbocycles. The normalized spacial score (nSPS) is 11.3. The van der Waals surface area contributed by atoms with E-state index >= 15 is 0 Å². The van der Waals surface area contributed by atoms with Crippen molar-refractivity contribution in [3.63, 3.8) is 0 Å². The zero-order valence-corrected chi connectivity index (χ0v) is 26.3. The summed E-state index contributed by atoms with van der Waals surface area (Å²) < 4.78 is 6.50. The highest BCUT2D eigenvalue weighted by atomic mass is 16.3. The average molecular weight is 614 g/mol. The zero-order chi connectivity index (χ0) is 31.9. The zero-order valence-electron chi connectivity index (χ0n) is 26.3. The van der Waals surface area contributed by atoms with Crippen LogP contribution in [0.25, 0.3) is 66.1 Å². The Hall–Kier alpha value is -6.38. The van der Waals surface area contributed by atoms with Gasteiger partial charge in [-0.3, -0.25) is 0 Å². The molecule has 9 rings (SSSR count). The molecule has 0 unspecified atom stereocenters. The van der Waals surface area contributed by atoms with Gasteiger partial charge in [0.2, 0.25) is 0 Å². The first-order chi connectivity index (χ1) is 23.8. The maximum atomic E-state index is 6.50. The lowest BCUT2D eigenvalue weighted by atomic mass is 9.90. The van der Waals surface area contributed by atoms with Crippen molar-refractivity contribution < 1.29 is 4.42 Å². The van der Waals surface area contributed by atoms with E-state index in [-0.39, 0.29) is 0 Å². The summed E-state index contributed by atoms with van der Waals surface area (Å²) >= 11 is 0. The van der Waals surface area contributed by atoms with Crippen molar-refractivity contribution in [1.29, 1.82) is 0 Å². The summed E-state index contributed by atoms with van der Waals surface area (Å²) in [5.74, 6) is 0. The SMILES string of the molecule is c1ccc(-c2cc(-c3cc(-c4ccc(N(c5ccccc5)c5ccccc5)cc4)cc4ccccc34)cc3c2oc2ccccc23)cc1. The lowest BCUT2D eigenvalue weighted by Gasteiger charge is -2.25. The van der Waals surface area contributed by atoms with Gasteiger partial charge in [0.05, 0.1) is 0 Å². The molecule has 0 fully saturated rings. The summed E-state index contributed by atoms with van der Waals surface area (Å²) in [4.78, 5) is 2.30. The molecule has 1 aromatic heterocycles. The topological polar surface area (TPSA) is 16.4 Å². The second-order valence-corrected chi connectivity index (χ2v) is 12.2. The molecule has 0 spiro atoms. The number of rotatable bonds is 6. The quantitative estimate of drug-likeness (QED) is 0.185. The van der Waals surface area contributed by atoms with Gasteiger partial charge in [-0.2, -0.15) is 0 Å².